The van der Waals surface area contributed by atoms with Gasteiger partial charge in [0.05, 0.1) is 11.0 Å². The van der Waals surface area contributed by atoms with Crippen molar-refractivity contribution in [1.82, 2.24) is 4.68 Å². The van der Waals surface area contributed by atoms with E-state index in [1.807, 2.05) is 74.8 Å². The van der Waals surface area contributed by atoms with Crippen LogP contribution in [0.15, 0.2) is 41.3 Å². The second-order valence-corrected chi connectivity index (χ2v) is 7.80. The summed E-state index contributed by atoms with van der Waals surface area (Å²) in [5.74, 6) is 0.646. The van der Waals surface area contributed by atoms with Crippen molar-refractivity contribution in [3.05, 3.63) is 58.3 Å². The Hall–Kier alpha value is -2.05. The van der Waals surface area contributed by atoms with Crippen LogP contribution in [0.3, 0.4) is 0 Å². The number of rotatable bonds is 4. The van der Waals surface area contributed by atoms with Crippen molar-refractivity contribution in [2.45, 2.75) is 33.8 Å². The molecule has 0 N–H and O–H groups in total. The van der Waals surface area contributed by atoms with E-state index in [9.17, 15) is 4.79 Å². The Morgan fingerprint density at radius 2 is 1.76 bits per heavy atom. The van der Waals surface area contributed by atoms with Crippen LogP contribution in [0.5, 0.6) is 5.75 Å². The van der Waals surface area contributed by atoms with E-state index in [0.717, 1.165) is 22.7 Å². The minimum absolute atomic E-state index is 0.0641. The van der Waals surface area contributed by atoms with E-state index in [1.165, 1.54) is 11.8 Å². The Morgan fingerprint density at radius 1 is 1.12 bits per heavy atom. The molecule has 1 fully saturated rings. The number of thioether (sulfide) groups is 1. The molecule has 1 aromatic carbocycles. The first-order chi connectivity index (χ1) is 11.9. The molecule has 0 bridgehead atoms. The summed E-state index contributed by atoms with van der Waals surface area (Å²) in [6.07, 6.45) is 1.92. The Labute approximate surface area is 157 Å². The Balaban J connectivity index is 1.97. The van der Waals surface area contributed by atoms with Gasteiger partial charge in [0.1, 0.15) is 5.75 Å². The molecule has 4 nitrogen and oxygen atoms in total. The van der Waals surface area contributed by atoms with Gasteiger partial charge in [-0.2, -0.15) is 5.01 Å². The maximum absolute atomic E-state index is 12.9. The number of carbonyl (C=O) groups is 1. The highest BCUT2D eigenvalue weighted by atomic mass is 32.2. The SMILES string of the molecule is Cc1ccc(C)n1N1C(=O)/C(=C/c2ccccc2OC(C)C)SC1=S. The number of thiocarbonyl (C=S) groups is 1. The van der Waals surface area contributed by atoms with Crippen molar-refractivity contribution in [2.75, 3.05) is 5.01 Å². The minimum atomic E-state index is -0.114. The van der Waals surface area contributed by atoms with Gasteiger partial charge < -0.3 is 4.74 Å². The van der Waals surface area contributed by atoms with E-state index in [1.54, 1.807) is 5.01 Å². The average Bonchev–Trinajstić information content (AvgIpc) is 3.01. The molecule has 6 heteroatoms. The topological polar surface area (TPSA) is 34.5 Å². The lowest BCUT2D eigenvalue weighted by atomic mass is 10.2. The van der Waals surface area contributed by atoms with Gasteiger partial charge in [0.15, 0.2) is 4.32 Å². The molecule has 0 saturated carbocycles. The summed E-state index contributed by atoms with van der Waals surface area (Å²) in [5.41, 5.74) is 2.81. The van der Waals surface area contributed by atoms with E-state index in [-0.39, 0.29) is 12.0 Å². The molecule has 2 aromatic rings. The van der Waals surface area contributed by atoms with Crippen LogP contribution in [0, 0.1) is 13.8 Å². The van der Waals surface area contributed by atoms with Crippen LogP contribution in [0.4, 0.5) is 0 Å². The molecule has 2 heterocycles. The first-order valence-electron chi connectivity index (χ1n) is 8.07. The van der Waals surface area contributed by atoms with Crippen molar-refractivity contribution >= 4 is 40.3 Å². The normalized spacial score (nSPS) is 16.4. The zero-order chi connectivity index (χ0) is 18.1. The molecule has 1 saturated heterocycles. The van der Waals surface area contributed by atoms with Crippen LogP contribution < -0.4 is 9.75 Å². The van der Waals surface area contributed by atoms with Gasteiger partial charge in [-0.15, -0.1) is 0 Å². The molecule has 1 aliphatic rings. The summed E-state index contributed by atoms with van der Waals surface area (Å²) in [7, 11) is 0. The number of nitrogens with zero attached hydrogens (tertiary/aromatic N) is 2. The van der Waals surface area contributed by atoms with E-state index >= 15 is 0 Å². The van der Waals surface area contributed by atoms with E-state index in [2.05, 4.69) is 0 Å². The Bertz CT molecular complexity index is 849. The predicted molar refractivity (Wildman–Crippen MR) is 108 cm³/mol. The summed E-state index contributed by atoms with van der Waals surface area (Å²) in [4.78, 5) is 13.5. The van der Waals surface area contributed by atoms with Gasteiger partial charge in [-0.25, -0.2) is 0 Å². The van der Waals surface area contributed by atoms with Crippen molar-refractivity contribution in [3.8, 4) is 5.75 Å². The minimum Gasteiger partial charge on any atom is -0.490 e. The first-order valence-corrected chi connectivity index (χ1v) is 9.30. The third-order valence-corrected chi connectivity index (χ3v) is 5.06. The molecule has 0 radical (unpaired) electrons. The van der Waals surface area contributed by atoms with Gasteiger partial charge in [-0.05, 0) is 64.2 Å². The lowest BCUT2D eigenvalue weighted by Gasteiger charge is -2.20. The number of benzene rings is 1. The van der Waals surface area contributed by atoms with Crippen molar-refractivity contribution in [2.24, 2.45) is 0 Å². The smallest absolute Gasteiger partial charge is 0.285 e. The summed E-state index contributed by atoms with van der Waals surface area (Å²) in [6.45, 7) is 7.88. The maximum atomic E-state index is 12.9. The van der Waals surface area contributed by atoms with Gasteiger partial charge in [-0.3, -0.25) is 9.47 Å². The van der Waals surface area contributed by atoms with Crippen LogP contribution in [0.1, 0.15) is 30.8 Å². The van der Waals surface area contributed by atoms with Gasteiger partial charge in [-0.1, -0.05) is 30.0 Å². The fraction of sp³-hybridized carbons (Fsp3) is 0.263. The van der Waals surface area contributed by atoms with Gasteiger partial charge in [0, 0.05) is 17.0 Å². The molecule has 1 aromatic heterocycles. The van der Waals surface area contributed by atoms with Crippen LogP contribution in [0.25, 0.3) is 6.08 Å². The number of ether oxygens (including phenoxy) is 1. The number of amides is 1. The second-order valence-electron chi connectivity index (χ2n) is 6.13. The average molecular weight is 373 g/mol. The third-order valence-electron chi connectivity index (χ3n) is 3.78. The van der Waals surface area contributed by atoms with Crippen molar-refractivity contribution in [1.29, 1.82) is 0 Å². The second kappa shape index (κ2) is 7.06. The number of hydrogen-bond acceptors (Lipinski definition) is 4. The molecule has 0 atom stereocenters. The lowest BCUT2D eigenvalue weighted by molar-refractivity contribution is -0.114. The third kappa shape index (κ3) is 3.50. The number of carbonyl (C=O) groups excluding carboxylic acids is 1. The molecule has 3 rings (SSSR count). The van der Waals surface area contributed by atoms with E-state index in [0.29, 0.717) is 9.23 Å². The Morgan fingerprint density at radius 3 is 2.40 bits per heavy atom. The largest absolute Gasteiger partial charge is 0.490 e. The van der Waals surface area contributed by atoms with E-state index < -0.39 is 0 Å². The lowest BCUT2D eigenvalue weighted by Crippen LogP contribution is -2.39. The number of hydrogen-bond donors (Lipinski definition) is 0. The molecule has 1 amide bonds. The van der Waals surface area contributed by atoms with Gasteiger partial charge in [0.25, 0.3) is 5.91 Å². The molecular formula is C19H20N2O2S2. The zero-order valence-corrected chi connectivity index (χ0v) is 16.3. The first kappa shape index (κ1) is 17.8. The number of para-hydroxylation sites is 1. The van der Waals surface area contributed by atoms with Crippen LogP contribution >= 0.6 is 24.0 Å². The fourth-order valence-corrected chi connectivity index (χ4v) is 3.94. The molecule has 0 aliphatic carbocycles. The maximum Gasteiger partial charge on any atom is 0.285 e. The van der Waals surface area contributed by atoms with Gasteiger partial charge >= 0.3 is 0 Å². The summed E-state index contributed by atoms with van der Waals surface area (Å²) < 4.78 is 8.22. The molecule has 0 spiro atoms. The standard InChI is InChI=1S/C19H20N2O2S2/c1-12(2)23-16-8-6-5-7-15(16)11-17-18(22)21(19(24)25-17)20-13(3)9-10-14(20)4/h5-12H,1-4H3/b17-11-. The highest BCUT2D eigenvalue weighted by molar-refractivity contribution is 8.27. The summed E-state index contributed by atoms with van der Waals surface area (Å²) >= 11 is 6.77. The highest BCUT2D eigenvalue weighted by Crippen LogP contribution is 2.34. The quantitative estimate of drug-likeness (QED) is 0.587. The molecule has 130 valence electrons. The molecular weight excluding hydrogens is 352 g/mol. The highest BCUT2D eigenvalue weighted by Gasteiger charge is 2.34. The van der Waals surface area contributed by atoms with Crippen LogP contribution in [-0.2, 0) is 4.79 Å². The molecule has 0 unspecified atom stereocenters. The number of aromatic nitrogens is 1. The fourth-order valence-electron chi connectivity index (χ4n) is 2.71. The van der Waals surface area contributed by atoms with Crippen molar-refractivity contribution in [3.63, 3.8) is 0 Å². The summed E-state index contributed by atoms with van der Waals surface area (Å²) in [6, 6.07) is 11.7. The number of aryl methyl sites for hydroxylation is 2. The summed E-state index contributed by atoms with van der Waals surface area (Å²) in [5, 5.41) is 1.56. The van der Waals surface area contributed by atoms with Gasteiger partial charge in [0.2, 0.25) is 0 Å². The Kier molecular flexibility index (Phi) is 5.01. The molecule has 25 heavy (non-hydrogen) atoms. The monoisotopic (exact) mass is 372 g/mol. The van der Waals surface area contributed by atoms with Crippen LogP contribution in [-0.4, -0.2) is 21.0 Å². The zero-order valence-electron chi connectivity index (χ0n) is 14.6. The molecule has 1 aliphatic heterocycles. The van der Waals surface area contributed by atoms with Crippen LogP contribution in [0.2, 0.25) is 0 Å². The predicted octanol–water partition coefficient (Wildman–Crippen LogP) is 4.43. The van der Waals surface area contributed by atoms with Crippen molar-refractivity contribution < 1.29 is 9.53 Å². The van der Waals surface area contributed by atoms with E-state index in [4.69, 9.17) is 17.0 Å².